The molecule has 0 amide bonds. The summed E-state index contributed by atoms with van der Waals surface area (Å²) in [5, 5.41) is 9.05. The number of carboxylic acids is 1. The largest absolute Gasteiger partial charge is 0.481 e. The molecule has 0 saturated carbocycles. The molecule has 0 saturated heterocycles. The number of hydrogen-bond donors (Lipinski definition) is 1. The van der Waals surface area contributed by atoms with Gasteiger partial charge in [0, 0.05) is 18.8 Å². The van der Waals surface area contributed by atoms with Crippen LogP contribution in [0, 0.1) is 0 Å². The molecule has 1 rings (SSSR count). The molecule has 1 unspecified atom stereocenters. The second-order valence-electron chi connectivity index (χ2n) is 7.87. The van der Waals surface area contributed by atoms with Crippen LogP contribution in [-0.2, 0) is 11.2 Å². The van der Waals surface area contributed by atoms with E-state index in [4.69, 9.17) is 5.11 Å². The number of aryl methyl sites for hydroxylation is 1. The summed E-state index contributed by atoms with van der Waals surface area (Å²) in [6.07, 6.45) is 15.9. The van der Waals surface area contributed by atoms with Crippen LogP contribution in [-0.4, -0.2) is 24.2 Å². The zero-order chi connectivity index (χ0) is 19.9. The molecule has 3 heteroatoms. The van der Waals surface area contributed by atoms with E-state index in [9.17, 15) is 4.79 Å². The molecule has 0 aromatic heterocycles. The van der Waals surface area contributed by atoms with Gasteiger partial charge in [-0.3, -0.25) is 4.79 Å². The average Bonchev–Trinajstić information content (AvgIpc) is 2.67. The minimum absolute atomic E-state index is 0.0512. The third kappa shape index (κ3) is 10.4. The van der Waals surface area contributed by atoms with Gasteiger partial charge in [0.25, 0.3) is 0 Å². The first-order valence-corrected chi connectivity index (χ1v) is 11.1. The highest BCUT2D eigenvalue weighted by Crippen LogP contribution is 2.20. The third-order valence-corrected chi connectivity index (χ3v) is 5.59. The Bertz CT molecular complexity index is 498. The topological polar surface area (TPSA) is 40.5 Å². The third-order valence-electron chi connectivity index (χ3n) is 5.59. The molecule has 0 aliphatic carbocycles. The van der Waals surface area contributed by atoms with Crippen LogP contribution >= 0.6 is 0 Å². The molecule has 154 valence electrons. The normalized spacial score (nSPS) is 12.1. The maximum Gasteiger partial charge on any atom is 0.305 e. The number of benzene rings is 1. The van der Waals surface area contributed by atoms with E-state index in [2.05, 4.69) is 36.1 Å². The zero-order valence-corrected chi connectivity index (χ0v) is 17.9. The highest BCUT2D eigenvalue weighted by Gasteiger charge is 2.16. The standard InChI is InChI=1S/C24H41NO2/c1-4-6-7-8-9-10-11-12-13-14-15-21-16-18-23(19-17-21)25(3)22(5-2)20-24(26)27/h16-19,22H,4-15,20H2,1-3H3,(H,26,27). The number of carbonyl (C=O) groups is 1. The van der Waals surface area contributed by atoms with Gasteiger partial charge in [-0.15, -0.1) is 0 Å². The maximum atomic E-state index is 11.0. The summed E-state index contributed by atoms with van der Waals surface area (Å²) < 4.78 is 0. The Morgan fingerprint density at radius 1 is 0.889 bits per heavy atom. The van der Waals surface area contributed by atoms with Gasteiger partial charge in [-0.2, -0.15) is 0 Å². The van der Waals surface area contributed by atoms with Crippen LogP contribution in [0.2, 0.25) is 0 Å². The Morgan fingerprint density at radius 3 is 1.89 bits per heavy atom. The molecule has 0 spiro atoms. The lowest BCUT2D eigenvalue weighted by Gasteiger charge is -2.28. The molecule has 0 aliphatic rings. The van der Waals surface area contributed by atoms with E-state index in [-0.39, 0.29) is 12.5 Å². The summed E-state index contributed by atoms with van der Waals surface area (Å²) in [5.41, 5.74) is 2.49. The Labute approximate surface area is 167 Å². The number of hydrogen-bond acceptors (Lipinski definition) is 2. The van der Waals surface area contributed by atoms with Crippen molar-refractivity contribution in [2.75, 3.05) is 11.9 Å². The van der Waals surface area contributed by atoms with Gasteiger partial charge in [0.05, 0.1) is 6.42 Å². The monoisotopic (exact) mass is 375 g/mol. The van der Waals surface area contributed by atoms with Gasteiger partial charge in [-0.1, -0.05) is 83.8 Å². The molecule has 0 bridgehead atoms. The molecule has 0 fully saturated rings. The van der Waals surface area contributed by atoms with E-state index in [1.807, 2.05) is 14.0 Å². The molecule has 27 heavy (non-hydrogen) atoms. The fourth-order valence-electron chi connectivity index (χ4n) is 3.68. The molecular weight excluding hydrogens is 334 g/mol. The Hall–Kier alpha value is -1.51. The number of anilines is 1. The second kappa shape index (κ2) is 14.5. The van der Waals surface area contributed by atoms with Crippen LogP contribution in [0.4, 0.5) is 5.69 Å². The lowest BCUT2D eigenvalue weighted by atomic mass is 10.0. The minimum Gasteiger partial charge on any atom is -0.481 e. The van der Waals surface area contributed by atoms with Crippen LogP contribution in [0.25, 0.3) is 0 Å². The Balaban J connectivity index is 2.21. The second-order valence-corrected chi connectivity index (χ2v) is 7.87. The number of unbranched alkanes of at least 4 members (excludes halogenated alkanes) is 9. The number of nitrogens with zero attached hydrogens (tertiary/aromatic N) is 1. The van der Waals surface area contributed by atoms with E-state index in [1.165, 1.54) is 69.8 Å². The van der Waals surface area contributed by atoms with Crippen LogP contribution in [0.3, 0.4) is 0 Å². The van der Waals surface area contributed by atoms with Crippen LogP contribution < -0.4 is 4.90 Å². The average molecular weight is 376 g/mol. The van der Waals surface area contributed by atoms with Crippen molar-refractivity contribution in [1.82, 2.24) is 0 Å². The van der Waals surface area contributed by atoms with Crippen LogP contribution in [0.15, 0.2) is 24.3 Å². The predicted molar refractivity (Wildman–Crippen MR) is 117 cm³/mol. The number of rotatable bonds is 16. The number of carboxylic acid groups (broad SMARTS) is 1. The predicted octanol–water partition coefficient (Wildman–Crippen LogP) is 6.84. The first-order chi connectivity index (χ1) is 13.1. The van der Waals surface area contributed by atoms with E-state index in [0.717, 1.165) is 18.5 Å². The summed E-state index contributed by atoms with van der Waals surface area (Å²) >= 11 is 0. The molecule has 1 aromatic carbocycles. The Kier molecular flexibility index (Phi) is 12.7. The summed E-state index contributed by atoms with van der Waals surface area (Å²) in [7, 11) is 1.99. The van der Waals surface area contributed by atoms with Gasteiger partial charge in [0.15, 0.2) is 0 Å². The first kappa shape index (κ1) is 23.5. The van der Waals surface area contributed by atoms with Gasteiger partial charge < -0.3 is 10.0 Å². The molecular formula is C24H41NO2. The first-order valence-electron chi connectivity index (χ1n) is 11.1. The van der Waals surface area contributed by atoms with Gasteiger partial charge in [-0.25, -0.2) is 0 Å². The molecule has 0 aliphatic heterocycles. The van der Waals surface area contributed by atoms with Crippen molar-refractivity contribution in [3.05, 3.63) is 29.8 Å². The molecule has 0 radical (unpaired) electrons. The van der Waals surface area contributed by atoms with Crippen molar-refractivity contribution in [3.63, 3.8) is 0 Å². The summed E-state index contributed by atoms with van der Waals surface area (Å²) in [4.78, 5) is 13.1. The highest BCUT2D eigenvalue weighted by molar-refractivity contribution is 5.68. The van der Waals surface area contributed by atoms with Crippen molar-refractivity contribution in [1.29, 1.82) is 0 Å². The van der Waals surface area contributed by atoms with Gasteiger partial charge in [0.1, 0.15) is 0 Å². The van der Waals surface area contributed by atoms with Crippen molar-refractivity contribution >= 4 is 11.7 Å². The maximum absolute atomic E-state index is 11.0. The highest BCUT2D eigenvalue weighted by atomic mass is 16.4. The minimum atomic E-state index is -0.730. The summed E-state index contributed by atoms with van der Waals surface area (Å²) in [5.74, 6) is -0.730. The summed E-state index contributed by atoms with van der Waals surface area (Å²) in [6, 6.07) is 8.72. The fourth-order valence-corrected chi connectivity index (χ4v) is 3.68. The van der Waals surface area contributed by atoms with Crippen molar-refractivity contribution < 1.29 is 9.90 Å². The van der Waals surface area contributed by atoms with Crippen molar-refractivity contribution in [3.8, 4) is 0 Å². The molecule has 0 heterocycles. The van der Waals surface area contributed by atoms with Gasteiger partial charge >= 0.3 is 5.97 Å². The van der Waals surface area contributed by atoms with Crippen LogP contribution in [0.5, 0.6) is 0 Å². The van der Waals surface area contributed by atoms with Crippen LogP contribution in [0.1, 0.15) is 96.5 Å². The SMILES string of the molecule is CCCCCCCCCCCCc1ccc(N(C)C(CC)CC(=O)O)cc1. The van der Waals surface area contributed by atoms with E-state index in [1.54, 1.807) is 0 Å². The van der Waals surface area contributed by atoms with E-state index in [0.29, 0.717) is 0 Å². The van der Waals surface area contributed by atoms with Gasteiger partial charge in [-0.05, 0) is 37.0 Å². The molecule has 1 N–H and O–H groups in total. The van der Waals surface area contributed by atoms with Gasteiger partial charge in [0.2, 0.25) is 0 Å². The van der Waals surface area contributed by atoms with E-state index < -0.39 is 5.97 Å². The number of aliphatic carboxylic acids is 1. The quantitative estimate of drug-likeness (QED) is 0.322. The van der Waals surface area contributed by atoms with E-state index >= 15 is 0 Å². The van der Waals surface area contributed by atoms with Crippen molar-refractivity contribution in [2.24, 2.45) is 0 Å². The lowest BCUT2D eigenvalue weighted by Crippen LogP contribution is -2.33. The lowest BCUT2D eigenvalue weighted by molar-refractivity contribution is -0.137. The molecule has 1 atom stereocenters. The smallest absolute Gasteiger partial charge is 0.305 e. The Morgan fingerprint density at radius 2 is 1.41 bits per heavy atom. The molecule has 1 aromatic rings. The molecule has 3 nitrogen and oxygen atoms in total. The fraction of sp³-hybridized carbons (Fsp3) is 0.708. The van der Waals surface area contributed by atoms with Crippen molar-refractivity contribution in [2.45, 2.75) is 103 Å². The summed E-state index contributed by atoms with van der Waals surface area (Å²) in [6.45, 7) is 4.32. The zero-order valence-electron chi connectivity index (χ0n) is 17.9.